The van der Waals surface area contributed by atoms with E-state index in [0.717, 1.165) is 11.1 Å². The van der Waals surface area contributed by atoms with E-state index in [0.29, 0.717) is 23.4 Å². The fourth-order valence-corrected chi connectivity index (χ4v) is 2.39. The van der Waals surface area contributed by atoms with Gasteiger partial charge in [0.1, 0.15) is 24.0 Å². The maximum Gasteiger partial charge on any atom is 0.265 e. The smallest absolute Gasteiger partial charge is 0.265 e. The number of rotatable bonds is 4. The number of benzene rings is 1. The third kappa shape index (κ3) is 3.01. The Morgan fingerprint density at radius 3 is 2.74 bits per heavy atom. The van der Waals surface area contributed by atoms with Gasteiger partial charge in [0.05, 0.1) is 0 Å². The molecule has 118 valence electrons. The molecule has 6 nitrogen and oxygen atoms in total. The number of carbonyl (C=O) groups excluding carboxylic acids is 1. The Kier molecular flexibility index (Phi) is 3.97. The molecule has 1 amide bonds. The number of furan rings is 1. The normalized spacial score (nSPS) is 10.9. The monoisotopic (exact) mass is 311 g/mol. The minimum Gasteiger partial charge on any atom is -0.443 e. The average Bonchev–Trinajstić information content (AvgIpc) is 2.84. The summed E-state index contributed by atoms with van der Waals surface area (Å²) in [5.74, 6) is 0.422. The van der Waals surface area contributed by atoms with E-state index in [1.165, 1.54) is 10.9 Å². The van der Waals surface area contributed by atoms with Crippen molar-refractivity contribution in [1.82, 2.24) is 14.9 Å². The molecule has 0 saturated heterocycles. The molecule has 0 aliphatic rings. The number of hydrogen-bond acceptors (Lipinski definition) is 4. The number of aryl methyl sites for hydroxylation is 2. The largest absolute Gasteiger partial charge is 0.443 e. The highest BCUT2D eigenvalue weighted by Crippen LogP contribution is 2.18. The highest BCUT2D eigenvalue weighted by molar-refractivity contribution is 5.79. The van der Waals surface area contributed by atoms with E-state index < -0.39 is 0 Å². The number of hydrogen-bond donors (Lipinski definition) is 1. The molecule has 0 bridgehead atoms. The number of carbonyl (C=O) groups is 1. The first-order valence-electron chi connectivity index (χ1n) is 7.32. The van der Waals surface area contributed by atoms with Crippen molar-refractivity contribution in [2.45, 2.75) is 26.9 Å². The predicted molar refractivity (Wildman–Crippen MR) is 86.0 cm³/mol. The second-order valence-corrected chi connectivity index (χ2v) is 5.40. The molecule has 1 aromatic carbocycles. The maximum absolute atomic E-state index is 12.5. The zero-order chi connectivity index (χ0) is 16.4. The van der Waals surface area contributed by atoms with Crippen molar-refractivity contribution in [3.63, 3.8) is 0 Å². The van der Waals surface area contributed by atoms with Gasteiger partial charge < -0.3 is 9.73 Å². The molecule has 0 atom stereocenters. The molecule has 3 aromatic rings. The van der Waals surface area contributed by atoms with Gasteiger partial charge in [-0.3, -0.25) is 14.2 Å². The van der Waals surface area contributed by atoms with Gasteiger partial charge >= 0.3 is 0 Å². The lowest BCUT2D eigenvalue weighted by atomic mass is 10.2. The summed E-state index contributed by atoms with van der Waals surface area (Å²) in [6.45, 7) is 3.95. The summed E-state index contributed by atoms with van der Waals surface area (Å²) < 4.78 is 6.72. The van der Waals surface area contributed by atoms with Crippen LogP contribution >= 0.6 is 0 Å². The number of nitrogens with zero attached hydrogens (tertiary/aromatic N) is 2. The second kappa shape index (κ2) is 6.08. The van der Waals surface area contributed by atoms with Gasteiger partial charge in [-0.1, -0.05) is 30.3 Å². The molecule has 0 fully saturated rings. The minimum atomic E-state index is -0.265. The summed E-state index contributed by atoms with van der Waals surface area (Å²) >= 11 is 0. The Morgan fingerprint density at radius 2 is 2.00 bits per heavy atom. The predicted octanol–water partition coefficient (Wildman–Crippen LogP) is 1.92. The van der Waals surface area contributed by atoms with Gasteiger partial charge in [-0.15, -0.1) is 0 Å². The third-order valence-corrected chi connectivity index (χ3v) is 3.80. The number of nitrogens with one attached hydrogen (secondary N) is 1. The molecule has 2 aromatic heterocycles. The number of fused-ring (bicyclic) bond motifs is 1. The first-order chi connectivity index (χ1) is 11.1. The van der Waals surface area contributed by atoms with Crippen LogP contribution in [0, 0.1) is 13.8 Å². The van der Waals surface area contributed by atoms with Crippen LogP contribution in [0.5, 0.6) is 0 Å². The van der Waals surface area contributed by atoms with Gasteiger partial charge in [-0.2, -0.15) is 0 Å². The zero-order valence-corrected chi connectivity index (χ0v) is 13.0. The standard InChI is InChI=1S/C17H17N3O3/c1-11-12(2)23-16-15(11)17(22)20(10-19-16)9-14(21)18-8-13-6-4-3-5-7-13/h3-7,10H,8-9H2,1-2H3,(H,18,21). The van der Waals surface area contributed by atoms with Gasteiger partial charge in [-0.05, 0) is 19.4 Å². The van der Waals surface area contributed by atoms with Gasteiger partial charge in [0.25, 0.3) is 5.56 Å². The fraction of sp³-hybridized carbons (Fsp3) is 0.235. The summed E-state index contributed by atoms with van der Waals surface area (Å²) in [7, 11) is 0. The van der Waals surface area contributed by atoms with Crippen LogP contribution in [0.25, 0.3) is 11.1 Å². The third-order valence-electron chi connectivity index (χ3n) is 3.80. The van der Waals surface area contributed by atoms with Gasteiger partial charge in [0.2, 0.25) is 11.6 Å². The van der Waals surface area contributed by atoms with E-state index in [1.54, 1.807) is 6.92 Å². The van der Waals surface area contributed by atoms with Crippen molar-refractivity contribution in [2.24, 2.45) is 0 Å². The van der Waals surface area contributed by atoms with E-state index in [1.807, 2.05) is 37.3 Å². The van der Waals surface area contributed by atoms with Crippen LogP contribution in [0.15, 0.2) is 45.9 Å². The molecule has 0 saturated carbocycles. The van der Waals surface area contributed by atoms with Crippen molar-refractivity contribution >= 4 is 17.0 Å². The van der Waals surface area contributed by atoms with Crippen molar-refractivity contribution in [3.8, 4) is 0 Å². The lowest BCUT2D eigenvalue weighted by Gasteiger charge is -2.07. The Hall–Kier alpha value is -2.89. The molecule has 23 heavy (non-hydrogen) atoms. The van der Waals surface area contributed by atoms with Crippen molar-refractivity contribution in [2.75, 3.05) is 0 Å². The number of amides is 1. The first kappa shape index (κ1) is 15.0. The van der Waals surface area contributed by atoms with E-state index in [9.17, 15) is 9.59 Å². The van der Waals surface area contributed by atoms with Gasteiger partial charge in [0, 0.05) is 12.1 Å². The minimum absolute atomic E-state index is 0.0712. The van der Waals surface area contributed by atoms with Crippen LogP contribution < -0.4 is 10.9 Å². The van der Waals surface area contributed by atoms with Crippen LogP contribution in [0.4, 0.5) is 0 Å². The van der Waals surface area contributed by atoms with E-state index >= 15 is 0 Å². The average molecular weight is 311 g/mol. The highest BCUT2D eigenvalue weighted by atomic mass is 16.3. The quantitative estimate of drug-likeness (QED) is 0.798. The Labute approximate surface area is 132 Å². The molecule has 6 heteroatoms. The Balaban J connectivity index is 1.76. The SMILES string of the molecule is Cc1oc2ncn(CC(=O)NCc3ccccc3)c(=O)c2c1C. The molecule has 0 aliphatic carbocycles. The number of aromatic nitrogens is 2. The van der Waals surface area contributed by atoms with Crippen LogP contribution in [0.2, 0.25) is 0 Å². The summed E-state index contributed by atoms with van der Waals surface area (Å²) in [6.07, 6.45) is 1.34. The summed E-state index contributed by atoms with van der Waals surface area (Å²) in [5.41, 5.74) is 1.81. The lowest BCUT2D eigenvalue weighted by molar-refractivity contribution is -0.121. The molecule has 1 N–H and O–H groups in total. The summed E-state index contributed by atoms with van der Waals surface area (Å²) in [5, 5.41) is 3.22. The molecular formula is C17H17N3O3. The van der Waals surface area contributed by atoms with Crippen molar-refractivity contribution < 1.29 is 9.21 Å². The van der Waals surface area contributed by atoms with Gasteiger partial charge in [-0.25, -0.2) is 4.98 Å². The molecule has 0 radical (unpaired) electrons. The molecule has 3 rings (SSSR count). The molecule has 0 aliphatic heterocycles. The second-order valence-electron chi connectivity index (χ2n) is 5.40. The lowest BCUT2D eigenvalue weighted by Crippen LogP contribution is -2.32. The molecule has 0 spiro atoms. The maximum atomic E-state index is 12.5. The van der Waals surface area contributed by atoms with Crippen molar-refractivity contribution in [3.05, 3.63) is 63.9 Å². The molecule has 0 unspecified atom stereocenters. The topological polar surface area (TPSA) is 77.1 Å². The van der Waals surface area contributed by atoms with E-state index in [2.05, 4.69) is 10.3 Å². The fourth-order valence-electron chi connectivity index (χ4n) is 2.39. The summed E-state index contributed by atoms with van der Waals surface area (Å²) in [6, 6.07) is 9.60. The first-order valence-corrected chi connectivity index (χ1v) is 7.32. The van der Waals surface area contributed by atoms with Crippen molar-refractivity contribution in [1.29, 1.82) is 0 Å². The van der Waals surface area contributed by atoms with E-state index in [4.69, 9.17) is 4.42 Å². The zero-order valence-electron chi connectivity index (χ0n) is 13.0. The van der Waals surface area contributed by atoms with Crippen LogP contribution in [-0.2, 0) is 17.9 Å². The highest BCUT2D eigenvalue weighted by Gasteiger charge is 2.15. The molecule has 2 heterocycles. The van der Waals surface area contributed by atoms with Gasteiger partial charge in [0.15, 0.2) is 0 Å². The Bertz CT molecular complexity index is 910. The molecular weight excluding hydrogens is 294 g/mol. The van der Waals surface area contributed by atoms with E-state index in [-0.39, 0.29) is 18.0 Å². The Morgan fingerprint density at radius 1 is 1.26 bits per heavy atom. The van der Waals surface area contributed by atoms with Crippen LogP contribution in [0.3, 0.4) is 0 Å². The van der Waals surface area contributed by atoms with Crippen LogP contribution in [0.1, 0.15) is 16.9 Å². The summed E-state index contributed by atoms with van der Waals surface area (Å²) in [4.78, 5) is 28.6. The van der Waals surface area contributed by atoms with Crippen LogP contribution in [-0.4, -0.2) is 15.5 Å².